The van der Waals surface area contributed by atoms with E-state index in [2.05, 4.69) is 20.4 Å². The fourth-order valence-corrected chi connectivity index (χ4v) is 3.09. The van der Waals surface area contributed by atoms with Crippen LogP contribution in [0.4, 0.5) is 23.7 Å². The van der Waals surface area contributed by atoms with Gasteiger partial charge in [0.25, 0.3) is 0 Å². The number of fused-ring (bicyclic) bond motifs is 1. The zero-order valence-corrected chi connectivity index (χ0v) is 14.6. The molecule has 2 aromatic heterocycles. The summed E-state index contributed by atoms with van der Waals surface area (Å²) < 4.78 is 45.3. The number of carbonyl (C=O) groups excluding carboxylic acids is 1. The Labute approximate surface area is 157 Å². The highest BCUT2D eigenvalue weighted by Crippen LogP contribution is 2.31. The Balaban J connectivity index is 1.59. The summed E-state index contributed by atoms with van der Waals surface area (Å²) in [6.45, 7) is 1.97. The van der Waals surface area contributed by atoms with Gasteiger partial charge in [0.2, 0.25) is 0 Å². The minimum atomic E-state index is -1.59. The van der Waals surface area contributed by atoms with E-state index in [1.165, 1.54) is 23.5 Å². The zero-order chi connectivity index (χ0) is 19.8. The summed E-state index contributed by atoms with van der Waals surface area (Å²) in [4.78, 5) is 22.3. The summed E-state index contributed by atoms with van der Waals surface area (Å²) in [5.74, 6) is -3.94. The molecule has 0 saturated carbocycles. The second kappa shape index (κ2) is 6.95. The number of rotatable bonds is 2. The maximum absolute atomic E-state index is 13.4. The number of hydrogen-bond acceptors (Lipinski definition) is 5. The number of nitrogens with one attached hydrogen (secondary N) is 1. The topological polar surface area (TPSA) is 84.2 Å². The molecule has 0 fully saturated rings. The highest BCUT2D eigenvalue weighted by Gasteiger charge is 2.32. The van der Waals surface area contributed by atoms with Crippen LogP contribution in [0.25, 0.3) is 11.5 Å². The van der Waals surface area contributed by atoms with Crippen molar-refractivity contribution < 1.29 is 22.5 Å². The molecule has 1 N–H and O–H groups in total. The van der Waals surface area contributed by atoms with Crippen LogP contribution in [0, 0.1) is 17.5 Å². The number of aromatic nitrogens is 3. The molecule has 1 aliphatic heterocycles. The largest absolute Gasteiger partial charge is 0.354 e. The monoisotopic (exact) mass is 389 g/mol. The first-order valence-corrected chi connectivity index (χ1v) is 8.40. The third-order valence-corrected chi connectivity index (χ3v) is 4.51. The minimum Gasteiger partial charge on any atom is -0.354 e. The Morgan fingerprint density at radius 2 is 2.00 bits per heavy atom. The summed E-state index contributed by atoms with van der Waals surface area (Å²) in [6.07, 6.45) is 4.98. The van der Waals surface area contributed by atoms with Crippen LogP contribution in [0.15, 0.2) is 35.2 Å². The first kappa shape index (κ1) is 18.0. The van der Waals surface area contributed by atoms with E-state index in [-0.39, 0.29) is 18.3 Å². The number of halogens is 3. The number of anilines is 1. The van der Waals surface area contributed by atoms with Gasteiger partial charge >= 0.3 is 6.03 Å². The third-order valence-electron chi connectivity index (χ3n) is 4.51. The summed E-state index contributed by atoms with van der Waals surface area (Å²) in [5, 5.41) is 6.45. The summed E-state index contributed by atoms with van der Waals surface area (Å²) >= 11 is 0. The van der Waals surface area contributed by atoms with E-state index in [0.717, 1.165) is 12.1 Å². The van der Waals surface area contributed by atoms with Crippen LogP contribution in [0.5, 0.6) is 0 Å². The lowest BCUT2D eigenvalue weighted by molar-refractivity contribution is 0.182. The van der Waals surface area contributed by atoms with Crippen molar-refractivity contribution in [2.24, 2.45) is 0 Å². The van der Waals surface area contributed by atoms with Crippen molar-refractivity contribution in [3.05, 3.63) is 59.4 Å². The number of urea groups is 1. The molecule has 1 unspecified atom stereocenters. The van der Waals surface area contributed by atoms with Crippen LogP contribution in [0.2, 0.25) is 0 Å². The summed E-state index contributed by atoms with van der Waals surface area (Å²) in [7, 11) is 0. The van der Waals surface area contributed by atoms with E-state index < -0.39 is 23.5 Å². The van der Waals surface area contributed by atoms with Gasteiger partial charge < -0.3 is 14.7 Å². The van der Waals surface area contributed by atoms with Crippen LogP contribution in [0.1, 0.15) is 18.2 Å². The Bertz CT molecular complexity index is 1020. The van der Waals surface area contributed by atoms with Crippen molar-refractivity contribution in [3.63, 3.8) is 0 Å². The lowest BCUT2D eigenvalue weighted by Gasteiger charge is -2.32. The van der Waals surface area contributed by atoms with Gasteiger partial charge in [0.15, 0.2) is 23.2 Å². The van der Waals surface area contributed by atoms with Crippen LogP contribution in [-0.2, 0) is 13.0 Å². The molecule has 0 bridgehead atoms. The number of amides is 2. The minimum absolute atomic E-state index is 0.157. The molecule has 144 valence electrons. The molecule has 1 aromatic carbocycles. The molecule has 0 aliphatic carbocycles. The molecule has 1 atom stereocenters. The maximum atomic E-state index is 13.4. The summed E-state index contributed by atoms with van der Waals surface area (Å²) in [6, 6.07) is 0.610. The lowest BCUT2D eigenvalue weighted by atomic mass is 9.99. The van der Waals surface area contributed by atoms with E-state index in [0.29, 0.717) is 29.1 Å². The second-order valence-electron chi connectivity index (χ2n) is 6.39. The van der Waals surface area contributed by atoms with Gasteiger partial charge in [-0.15, -0.1) is 0 Å². The number of nitrogens with zero attached hydrogens (tertiary/aromatic N) is 4. The molecule has 4 rings (SSSR count). The highest BCUT2D eigenvalue weighted by molar-refractivity contribution is 5.89. The predicted molar refractivity (Wildman–Crippen MR) is 91.6 cm³/mol. The van der Waals surface area contributed by atoms with E-state index in [4.69, 9.17) is 4.52 Å². The first-order chi connectivity index (χ1) is 13.4. The number of benzene rings is 1. The molecule has 3 heterocycles. The normalized spacial score (nSPS) is 16.0. The molecule has 0 saturated heterocycles. The van der Waals surface area contributed by atoms with E-state index >= 15 is 0 Å². The quantitative estimate of drug-likeness (QED) is 0.678. The Kier molecular flexibility index (Phi) is 4.46. The predicted octanol–water partition coefficient (Wildman–Crippen LogP) is 3.53. The van der Waals surface area contributed by atoms with Gasteiger partial charge in [0.1, 0.15) is 5.69 Å². The Morgan fingerprint density at radius 1 is 1.25 bits per heavy atom. The average Bonchev–Trinajstić information content (AvgIpc) is 3.08. The lowest BCUT2D eigenvalue weighted by Crippen LogP contribution is -2.44. The summed E-state index contributed by atoms with van der Waals surface area (Å²) in [5.41, 5.74) is 1.69. The molecule has 28 heavy (non-hydrogen) atoms. The van der Waals surface area contributed by atoms with E-state index in [1.807, 2.05) is 6.92 Å². The van der Waals surface area contributed by atoms with Crippen LogP contribution >= 0.6 is 0 Å². The van der Waals surface area contributed by atoms with E-state index in [1.54, 1.807) is 0 Å². The first-order valence-electron chi connectivity index (χ1n) is 8.40. The van der Waals surface area contributed by atoms with Gasteiger partial charge in [-0.3, -0.25) is 4.98 Å². The second-order valence-corrected chi connectivity index (χ2v) is 6.39. The smallest absolute Gasteiger partial charge is 0.322 e. The van der Waals surface area contributed by atoms with Crippen molar-refractivity contribution in [1.29, 1.82) is 0 Å². The van der Waals surface area contributed by atoms with Gasteiger partial charge in [-0.1, -0.05) is 5.16 Å². The van der Waals surface area contributed by atoms with Gasteiger partial charge in [0.05, 0.1) is 18.4 Å². The molecule has 3 aromatic rings. The van der Waals surface area contributed by atoms with Crippen LogP contribution in [0.3, 0.4) is 0 Å². The Morgan fingerprint density at radius 3 is 2.68 bits per heavy atom. The molecule has 2 amide bonds. The van der Waals surface area contributed by atoms with Crippen LogP contribution in [-0.4, -0.2) is 32.1 Å². The van der Waals surface area contributed by atoms with Gasteiger partial charge in [0, 0.05) is 48.2 Å². The molecular weight excluding hydrogens is 375 g/mol. The van der Waals surface area contributed by atoms with Crippen molar-refractivity contribution in [2.75, 3.05) is 5.32 Å². The Hall–Kier alpha value is -3.43. The number of hydrogen-bond donors (Lipinski definition) is 1. The van der Waals surface area contributed by atoms with Gasteiger partial charge in [-0.2, -0.15) is 0 Å². The van der Waals surface area contributed by atoms with Crippen LogP contribution < -0.4 is 5.32 Å². The molecule has 10 heteroatoms. The molecular formula is C18H14F3N5O2. The average molecular weight is 389 g/mol. The van der Waals surface area contributed by atoms with Crippen molar-refractivity contribution in [2.45, 2.75) is 25.9 Å². The van der Waals surface area contributed by atoms with E-state index in [9.17, 15) is 18.0 Å². The zero-order valence-electron chi connectivity index (χ0n) is 14.6. The number of carbonyl (C=O) groups is 1. The third kappa shape index (κ3) is 3.17. The maximum Gasteiger partial charge on any atom is 0.322 e. The molecule has 0 radical (unpaired) electrons. The van der Waals surface area contributed by atoms with Crippen molar-refractivity contribution >= 4 is 11.7 Å². The standard InChI is InChI=1S/C18H14F3N5O2/c1-9-4-14-11(17(28-25-14)15-7-22-2-3-23-15)8-26(9)18(27)24-10-5-12(19)16(21)13(20)6-10/h2-3,5-7,9H,4,8H2,1H3,(H,24,27). The van der Waals surface area contributed by atoms with Crippen molar-refractivity contribution in [3.8, 4) is 11.5 Å². The fourth-order valence-electron chi connectivity index (χ4n) is 3.09. The van der Waals surface area contributed by atoms with Gasteiger partial charge in [-0.25, -0.2) is 22.9 Å². The highest BCUT2D eigenvalue weighted by atomic mass is 19.2. The molecule has 1 aliphatic rings. The van der Waals surface area contributed by atoms with Crippen molar-refractivity contribution in [1.82, 2.24) is 20.0 Å². The molecule has 7 nitrogen and oxygen atoms in total. The molecule has 0 spiro atoms. The van der Waals surface area contributed by atoms with Gasteiger partial charge in [-0.05, 0) is 6.92 Å². The SMILES string of the molecule is CC1Cc2noc(-c3cnccn3)c2CN1C(=O)Nc1cc(F)c(F)c(F)c1. The fraction of sp³-hybridized carbons (Fsp3) is 0.222.